The van der Waals surface area contributed by atoms with E-state index < -0.39 is 85.1 Å². The maximum absolute atomic E-state index is 13.4. The smallest absolute Gasteiger partial charge is 0.225 e. The fourth-order valence-corrected chi connectivity index (χ4v) is 5.83. The van der Waals surface area contributed by atoms with Gasteiger partial charge in [0, 0.05) is 39.0 Å². The fourth-order valence-electron chi connectivity index (χ4n) is 5.83. The van der Waals surface area contributed by atoms with Crippen LogP contribution in [0.1, 0.15) is 52.9 Å². The van der Waals surface area contributed by atoms with Gasteiger partial charge in [0.25, 0.3) is 0 Å². The number of carbonyl (C=O) groups is 4. The van der Waals surface area contributed by atoms with Crippen LogP contribution in [-0.4, -0.2) is 160 Å². The van der Waals surface area contributed by atoms with Crippen LogP contribution in [0.3, 0.4) is 0 Å². The molecule has 17 nitrogen and oxygen atoms in total. The van der Waals surface area contributed by atoms with Crippen LogP contribution in [0.15, 0.2) is 0 Å². The van der Waals surface area contributed by atoms with Gasteiger partial charge in [-0.1, -0.05) is 0 Å². The first kappa shape index (κ1) is 39.1. The van der Waals surface area contributed by atoms with Gasteiger partial charge < -0.3 is 69.9 Å². The van der Waals surface area contributed by atoms with Crippen LogP contribution in [0, 0.1) is 11.8 Å². The first-order valence-corrected chi connectivity index (χ1v) is 16.2. The van der Waals surface area contributed by atoms with Gasteiger partial charge in [-0.05, 0) is 40.0 Å². The summed E-state index contributed by atoms with van der Waals surface area (Å²) in [6, 6.07) is 0. The van der Waals surface area contributed by atoms with Gasteiger partial charge in [-0.25, -0.2) is 0 Å². The second kappa shape index (κ2) is 18.4. The molecule has 270 valence electrons. The highest BCUT2D eigenvalue weighted by molar-refractivity contribution is 5.89. The van der Waals surface area contributed by atoms with E-state index in [1.54, 1.807) is 0 Å². The van der Waals surface area contributed by atoms with E-state index in [9.17, 15) is 49.8 Å². The van der Waals surface area contributed by atoms with Crippen molar-refractivity contribution < 1.29 is 68.8 Å². The van der Waals surface area contributed by atoms with E-state index in [0.29, 0.717) is 19.3 Å². The standard InChI is InChI=1S/C30H51N3O14/c1-15(34)6-4-5-7-20(35)33-11-8-18(27(42)31-9-12-44-29-25(40)23(38)21(36)16(2)46-29)19(14-33)28(43)32-10-13-45-30-26(41)24(39)22(37)17(3)47-30/h16-19,21-26,29-30,36-41H,4-14H2,1-3H3,(H,31,42)(H,32,43)/t16-,17-,18+,19-,21+,22+,23+,24+,25-,26-,29+,30+/m0/s1. The molecule has 3 rings (SSSR count). The van der Waals surface area contributed by atoms with E-state index in [2.05, 4.69) is 10.6 Å². The predicted octanol–water partition coefficient (Wildman–Crippen LogP) is -3.48. The number of carbonyl (C=O) groups excluding carboxylic acids is 4. The number of unbranched alkanes of at least 4 members (excludes halogenated alkanes) is 1. The number of nitrogens with zero attached hydrogens (tertiary/aromatic N) is 1. The molecule has 0 aliphatic carbocycles. The minimum atomic E-state index is -1.50. The second-order valence-corrected chi connectivity index (χ2v) is 12.4. The molecule has 3 heterocycles. The van der Waals surface area contributed by atoms with Gasteiger partial charge in [0.1, 0.15) is 42.4 Å². The number of hydrogen-bond acceptors (Lipinski definition) is 14. The Bertz CT molecular complexity index is 1050. The number of ketones is 1. The summed E-state index contributed by atoms with van der Waals surface area (Å²) in [5.74, 6) is -2.82. The third-order valence-electron chi connectivity index (χ3n) is 8.79. The Morgan fingerprint density at radius 3 is 1.66 bits per heavy atom. The molecule has 0 unspecified atom stereocenters. The van der Waals surface area contributed by atoms with Crippen LogP contribution < -0.4 is 10.6 Å². The number of piperidine rings is 1. The van der Waals surface area contributed by atoms with E-state index in [0.717, 1.165) is 0 Å². The van der Waals surface area contributed by atoms with E-state index in [-0.39, 0.29) is 63.9 Å². The lowest BCUT2D eigenvalue weighted by Gasteiger charge is -2.39. The molecule has 0 aromatic carbocycles. The zero-order valence-corrected chi connectivity index (χ0v) is 27.1. The Labute approximate surface area is 273 Å². The lowest BCUT2D eigenvalue weighted by molar-refractivity contribution is -0.292. The minimum Gasteiger partial charge on any atom is -0.388 e. The monoisotopic (exact) mass is 677 g/mol. The molecule has 47 heavy (non-hydrogen) atoms. The quantitative estimate of drug-likeness (QED) is 0.0784. The van der Waals surface area contributed by atoms with Gasteiger partial charge in [-0.15, -0.1) is 0 Å². The number of ether oxygens (including phenoxy) is 4. The molecule has 0 radical (unpaired) electrons. The summed E-state index contributed by atoms with van der Waals surface area (Å²) >= 11 is 0. The maximum atomic E-state index is 13.4. The summed E-state index contributed by atoms with van der Waals surface area (Å²) in [6.45, 7) is 4.46. The molecule has 0 spiro atoms. The molecule has 3 aliphatic heterocycles. The maximum Gasteiger partial charge on any atom is 0.225 e. The largest absolute Gasteiger partial charge is 0.388 e. The van der Waals surface area contributed by atoms with Crippen LogP contribution >= 0.6 is 0 Å². The lowest BCUT2D eigenvalue weighted by Crippen LogP contribution is -2.57. The summed E-state index contributed by atoms with van der Waals surface area (Å²) in [5.41, 5.74) is 0. The van der Waals surface area contributed by atoms with Gasteiger partial charge in [0.15, 0.2) is 12.6 Å². The molecule has 0 saturated carbocycles. The minimum absolute atomic E-state index is 0.0148. The lowest BCUT2D eigenvalue weighted by atomic mass is 9.83. The van der Waals surface area contributed by atoms with Crippen molar-refractivity contribution in [1.82, 2.24) is 15.5 Å². The van der Waals surface area contributed by atoms with Crippen molar-refractivity contribution in [3.05, 3.63) is 0 Å². The fraction of sp³-hybridized carbons (Fsp3) is 0.867. The zero-order chi connectivity index (χ0) is 34.8. The molecule has 3 saturated heterocycles. The molecule has 12 atom stereocenters. The molecule has 3 amide bonds. The van der Waals surface area contributed by atoms with Crippen molar-refractivity contribution in [2.24, 2.45) is 11.8 Å². The number of aliphatic hydroxyl groups is 6. The van der Waals surface area contributed by atoms with Gasteiger partial charge in [-0.2, -0.15) is 0 Å². The number of amides is 3. The Morgan fingerprint density at radius 1 is 0.702 bits per heavy atom. The first-order chi connectivity index (χ1) is 22.2. The van der Waals surface area contributed by atoms with Crippen LogP contribution in [0.5, 0.6) is 0 Å². The second-order valence-electron chi connectivity index (χ2n) is 12.4. The molecule has 17 heteroatoms. The van der Waals surface area contributed by atoms with Crippen LogP contribution in [0.2, 0.25) is 0 Å². The summed E-state index contributed by atoms with van der Waals surface area (Å²) in [6.07, 6.45) is -10.7. The van der Waals surface area contributed by atoms with E-state index >= 15 is 0 Å². The van der Waals surface area contributed by atoms with Gasteiger partial charge in [0.05, 0.1) is 37.3 Å². The van der Waals surface area contributed by atoms with Crippen molar-refractivity contribution in [2.45, 2.75) is 114 Å². The normalized spacial score (nSPS) is 36.1. The van der Waals surface area contributed by atoms with Crippen molar-refractivity contribution in [2.75, 3.05) is 39.4 Å². The SMILES string of the molecule is CC(=O)CCCCC(=O)N1CC[C@@H](C(=O)NCCO[C@@H]2O[C@@H](C)[C@@H](O)[C@@H](O)[C@@H]2O)[C@@H](C(=O)NCCO[C@@H]2O[C@@H](C)[C@@H](O)[C@@H](O)[C@@H]2O)C1. The first-order valence-electron chi connectivity index (χ1n) is 16.2. The van der Waals surface area contributed by atoms with Crippen molar-refractivity contribution in [1.29, 1.82) is 0 Å². The molecular formula is C30H51N3O14. The van der Waals surface area contributed by atoms with Crippen LogP contribution in [0.4, 0.5) is 0 Å². The third kappa shape index (κ3) is 10.8. The molecule has 3 fully saturated rings. The van der Waals surface area contributed by atoms with Crippen LogP contribution in [-0.2, 0) is 38.1 Å². The van der Waals surface area contributed by atoms with E-state index in [1.165, 1.54) is 25.7 Å². The average molecular weight is 678 g/mol. The Kier molecular flexibility index (Phi) is 15.4. The molecule has 0 aromatic rings. The number of aliphatic hydroxyl groups excluding tert-OH is 6. The molecular weight excluding hydrogens is 626 g/mol. The Morgan fingerprint density at radius 2 is 1.17 bits per heavy atom. The molecule has 0 bridgehead atoms. The highest BCUT2D eigenvalue weighted by Crippen LogP contribution is 2.26. The summed E-state index contributed by atoms with van der Waals surface area (Å²) in [5, 5.41) is 65.2. The zero-order valence-electron chi connectivity index (χ0n) is 27.1. The third-order valence-corrected chi connectivity index (χ3v) is 8.79. The summed E-state index contributed by atoms with van der Waals surface area (Å²) in [7, 11) is 0. The van der Waals surface area contributed by atoms with Gasteiger partial charge in [-0.3, -0.25) is 14.4 Å². The van der Waals surface area contributed by atoms with Crippen molar-refractivity contribution in [3.8, 4) is 0 Å². The predicted molar refractivity (Wildman–Crippen MR) is 160 cm³/mol. The van der Waals surface area contributed by atoms with Gasteiger partial charge in [0.2, 0.25) is 17.7 Å². The number of rotatable bonds is 15. The van der Waals surface area contributed by atoms with Crippen molar-refractivity contribution in [3.63, 3.8) is 0 Å². The Balaban J connectivity index is 1.54. The van der Waals surface area contributed by atoms with E-state index in [1.807, 2.05) is 0 Å². The molecule has 8 N–H and O–H groups in total. The number of likely N-dealkylation sites (tertiary alicyclic amines) is 1. The summed E-state index contributed by atoms with van der Waals surface area (Å²) in [4.78, 5) is 52.3. The summed E-state index contributed by atoms with van der Waals surface area (Å²) < 4.78 is 21.7. The topological polar surface area (TPSA) is 254 Å². The average Bonchev–Trinajstić information content (AvgIpc) is 3.05. The molecule has 0 aromatic heterocycles. The highest BCUT2D eigenvalue weighted by Gasteiger charge is 2.44. The molecule has 3 aliphatic rings. The van der Waals surface area contributed by atoms with Gasteiger partial charge >= 0.3 is 0 Å². The Hall–Kier alpha value is -2.32. The highest BCUT2D eigenvalue weighted by atomic mass is 16.7. The van der Waals surface area contributed by atoms with E-state index in [4.69, 9.17) is 18.9 Å². The van der Waals surface area contributed by atoms with Crippen LogP contribution in [0.25, 0.3) is 0 Å². The number of hydrogen-bond donors (Lipinski definition) is 8. The number of Topliss-reactive ketones (excluding diaryl/α,β-unsaturated/α-hetero) is 1. The van der Waals surface area contributed by atoms with Crippen molar-refractivity contribution >= 4 is 23.5 Å². The number of nitrogens with one attached hydrogen (secondary N) is 2.